The summed E-state index contributed by atoms with van der Waals surface area (Å²) < 4.78 is 29.0. The average molecular weight is 490 g/mol. The fourth-order valence-electron chi connectivity index (χ4n) is 3.08. The van der Waals surface area contributed by atoms with Gasteiger partial charge >= 0.3 is 0 Å². The number of ketones is 1. The minimum Gasteiger partial charge on any atom is -0.345 e. The largest absolute Gasteiger partial charge is 0.345 e. The number of carbonyl (C=O) groups excluding carboxylic acids is 1. The number of rotatable bonds is 6. The van der Waals surface area contributed by atoms with E-state index in [4.69, 9.17) is 11.6 Å². The Morgan fingerprint density at radius 1 is 1.18 bits per heavy atom. The number of benzene rings is 2. The van der Waals surface area contributed by atoms with Crippen LogP contribution < -0.4 is 5.48 Å². The Kier molecular flexibility index (Phi) is 8.43. The average Bonchev–Trinajstić information content (AvgIpc) is 3.25. The molecule has 0 amide bonds. The number of hydrogen-bond acceptors (Lipinski definition) is 5. The first-order valence-electron chi connectivity index (χ1n) is 10.1. The van der Waals surface area contributed by atoms with Gasteiger partial charge in [-0.05, 0) is 48.1 Å². The van der Waals surface area contributed by atoms with Gasteiger partial charge in [0.15, 0.2) is 5.82 Å². The summed E-state index contributed by atoms with van der Waals surface area (Å²) in [5.74, 6) is -1.79. The molecule has 2 heterocycles. The van der Waals surface area contributed by atoms with Crippen LogP contribution >= 0.6 is 24.2 Å². The van der Waals surface area contributed by atoms with Crippen LogP contribution in [0.15, 0.2) is 54.9 Å². The molecule has 5 nitrogen and oxygen atoms in total. The van der Waals surface area contributed by atoms with E-state index >= 15 is 0 Å². The van der Waals surface area contributed by atoms with E-state index in [1.165, 1.54) is 19.7 Å². The maximum atomic E-state index is 14.7. The molecule has 0 spiro atoms. The Balaban J connectivity index is 0.000000709. The highest BCUT2D eigenvalue weighted by atomic mass is 35.5. The van der Waals surface area contributed by atoms with Crippen LogP contribution in [0.5, 0.6) is 0 Å². The highest BCUT2D eigenvalue weighted by Gasteiger charge is 2.24. The van der Waals surface area contributed by atoms with Crippen molar-refractivity contribution < 1.29 is 18.4 Å². The zero-order valence-electron chi connectivity index (χ0n) is 18.0. The van der Waals surface area contributed by atoms with E-state index in [1.807, 2.05) is 12.1 Å². The van der Waals surface area contributed by atoms with Crippen molar-refractivity contribution in [3.8, 4) is 11.1 Å². The number of aromatic nitrogens is 2. The number of anilines is 1. The summed E-state index contributed by atoms with van der Waals surface area (Å²) in [6.45, 7) is 2.10. The molecule has 0 saturated heterocycles. The molecule has 172 valence electrons. The van der Waals surface area contributed by atoms with Gasteiger partial charge in [0.2, 0.25) is 5.78 Å². The lowest BCUT2D eigenvalue weighted by Gasteiger charge is -2.09. The second-order valence-electron chi connectivity index (χ2n) is 6.97. The Morgan fingerprint density at radius 3 is 2.52 bits per heavy atom. The van der Waals surface area contributed by atoms with Gasteiger partial charge in [0, 0.05) is 33.9 Å². The molecule has 0 aliphatic carbocycles. The minimum absolute atomic E-state index is 0.107. The number of fused-ring (bicyclic) bond motifs is 1. The van der Waals surface area contributed by atoms with Gasteiger partial charge in [0.25, 0.3) is 0 Å². The molecule has 4 rings (SSSR count). The highest BCUT2D eigenvalue weighted by Crippen LogP contribution is 2.29. The summed E-state index contributed by atoms with van der Waals surface area (Å²) in [5.41, 5.74) is 3.58. The van der Waals surface area contributed by atoms with Crippen LogP contribution in [-0.2, 0) is 4.84 Å². The van der Waals surface area contributed by atoms with Crippen LogP contribution in [0.4, 0.5) is 14.5 Å². The first kappa shape index (κ1) is 24.7. The molecule has 4 aromatic rings. The quantitative estimate of drug-likeness (QED) is 0.160. The number of thiol groups is 1. The number of hydrogen-bond donors (Lipinski definition) is 3. The molecule has 0 fully saturated rings. The fourth-order valence-corrected chi connectivity index (χ4v) is 3.20. The van der Waals surface area contributed by atoms with Gasteiger partial charge in [0.05, 0.1) is 18.4 Å². The maximum absolute atomic E-state index is 14.7. The first-order chi connectivity index (χ1) is 15.9. The number of aromatic amines is 1. The second-order valence-corrected chi connectivity index (χ2v) is 7.86. The number of nitrogens with zero attached hydrogens (tertiary/aromatic N) is 1. The normalized spacial score (nSPS) is 10.6. The third kappa shape index (κ3) is 5.52. The Hall–Kier alpha value is -2.94. The SMILES string of the molecule is CCCS.CONc1ccc(F)c(C(=O)c2c[nH]c3ncc(-c4ccc(Cl)cc4)cc23)c1F. The van der Waals surface area contributed by atoms with E-state index in [-0.39, 0.29) is 11.3 Å². The molecule has 2 aromatic carbocycles. The molecule has 0 unspecified atom stereocenters. The van der Waals surface area contributed by atoms with Crippen molar-refractivity contribution in [2.75, 3.05) is 18.3 Å². The molecule has 33 heavy (non-hydrogen) atoms. The third-order valence-corrected chi connectivity index (χ3v) is 5.41. The van der Waals surface area contributed by atoms with Crippen LogP contribution in [0.3, 0.4) is 0 Å². The number of halogens is 3. The molecule has 0 saturated carbocycles. The third-order valence-electron chi connectivity index (χ3n) is 4.71. The smallest absolute Gasteiger partial charge is 0.201 e. The monoisotopic (exact) mass is 489 g/mol. The van der Waals surface area contributed by atoms with Crippen molar-refractivity contribution in [3.63, 3.8) is 0 Å². The van der Waals surface area contributed by atoms with Crippen LogP contribution in [0, 0.1) is 11.6 Å². The van der Waals surface area contributed by atoms with Crippen LogP contribution in [-0.4, -0.2) is 28.6 Å². The number of nitrogens with one attached hydrogen (secondary N) is 2. The van der Waals surface area contributed by atoms with E-state index in [0.717, 1.165) is 29.0 Å². The first-order valence-corrected chi connectivity index (χ1v) is 11.1. The number of H-pyrrole nitrogens is 1. The molecule has 0 aliphatic rings. The van der Waals surface area contributed by atoms with Crippen molar-refractivity contribution >= 4 is 46.7 Å². The van der Waals surface area contributed by atoms with Crippen LogP contribution in [0.1, 0.15) is 29.3 Å². The molecular formula is C24H22ClF2N3O2S. The predicted molar refractivity (Wildman–Crippen MR) is 131 cm³/mol. The zero-order chi connectivity index (χ0) is 24.0. The summed E-state index contributed by atoms with van der Waals surface area (Å²) in [7, 11) is 1.29. The number of pyridine rings is 1. The van der Waals surface area contributed by atoms with Crippen molar-refractivity contribution in [3.05, 3.63) is 82.6 Å². The lowest BCUT2D eigenvalue weighted by Crippen LogP contribution is -2.10. The molecule has 0 atom stereocenters. The molecule has 0 bridgehead atoms. The Morgan fingerprint density at radius 2 is 1.88 bits per heavy atom. The molecule has 0 radical (unpaired) electrons. The van der Waals surface area contributed by atoms with Crippen molar-refractivity contribution in [1.29, 1.82) is 0 Å². The van der Waals surface area contributed by atoms with E-state index in [2.05, 4.69) is 39.8 Å². The second kappa shape index (κ2) is 11.3. The summed E-state index contributed by atoms with van der Waals surface area (Å²) in [5, 5.41) is 1.04. The summed E-state index contributed by atoms with van der Waals surface area (Å²) >= 11 is 9.85. The maximum Gasteiger partial charge on any atom is 0.201 e. The van der Waals surface area contributed by atoms with E-state index in [1.54, 1.807) is 24.4 Å². The summed E-state index contributed by atoms with van der Waals surface area (Å²) in [6, 6.07) is 11.0. The van der Waals surface area contributed by atoms with E-state index < -0.39 is 23.0 Å². The Bertz CT molecular complexity index is 1260. The van der Waals surface area contributed by atoms with E-state index in [0.29, 0.717) is 16.1 Å². The Labute approximate surface area is 200 Å². The van der Waals surface area contributed by atoms with E-state index in [9.17, 15) is 13.6 Å². The van der Waals surface area contributed by atoms with Gasteiger partial charge in [0.1, 0.15) is 11.5 Å². The van der Waals surface area contributed by atoms with Gasteiger partial charge in [-0.25, -0.2) is 13.8 Å². The summed E-state index contributed by atoms with van der Waals surface area (Å²) in [6.07, 6.45) is 4.21. The molecular weight excluding hydrogens is 468 g/mol. The minimum atomic E-state index is -1.03. The predicted octanol–water partition coefficient (Wildman–Crippen LogP) is 6.69. The van der Waals surface area contributed by atoms with Gasteiger partial charge < -0.3 is 4.98 Å². The zero-order valence-corrected chi connectivity index (χ0v) is 19.6. The van der Waals surface area contributed by atoms with Gasteiger partial charge in [-0.1, -0.05) is 30.7 Å². The molecule has 9 heteroatoms. The topological polar surface area (TPSA) is 67.0 Å². The number of carbonyl (C=O) groups is 1. The van der Waals surface area contributed by atoms with Gasteiger partial charge in [-0.3, -0.25) is 15.1 Å². The van der Waals surface area contributed by atoms with Crippen LogP contribution in [0.25, 0.3) is 22.2 Å². The van der Waals surface area contributed by atoms with Crippen molar-refractivity contribution in [2.24, 2.45) is 0 Å². The standard InChI is InChI=1S/C21H14ClF2N3O2.C3H8S/c1-29-27-17-7-6-16(23)18(19(17)24)20(28)15-10-26-21-14(15)8-12(9-25-21)11-2-4-13(22)5-3-11;1-2-3-4/h2-10,27H,1H3,(H,25,26);4H,2-3H2,1H3. The molecule has 0 aliphatic heterocycles. The fraction of sp³-hybridized carbons (Fsp3) is 0.167. The lowest BCUT2D eigenvalue weighted by atomic mass is 10.00. The van der Waals surface area contributed by atoms with Crippen molar-refractivity contribution in [2.45, 2.75) is 13.3 Å². The lowest BCUT2D eigenvalue weighted by molar-refractivity contribution is 0.103. The highest BCUT2D eigenvalue weighted by molar-refractivity contribution is 7.80. The van der Waals surface area contributed by atoms with Gasteiger partial charge in [-0.2, -0.15) is 12.6 Å². The van der Waals surface area contributed by atoms with Gasteiger partial charge in [-0.15, -0.1) is 0 Å². The summed E-state index contributed by atoms with van der Waals surface area (Å²) in [4.78, 5) is 24.8. The molecule has 2 N–H and O–H groups in total. The van der Waals surface area contributed by atoms with Crippen LogP contribution in [0.2, 0.25) is 5.02 Å². The van der Waals surface area contributed by atoms with Crippen molar-refractivity contribution in [1.82, 2.24) is 9.97 Å². The molecule has 2 aromatic heterocycles.